The Morgan fingerprint density at radius 3 is 2.90 bits per heavy atom. The highest BCUT2D eigenvalue weighted by Crippen LogP contribution is 2.32. The molecule has 0 radical (unpaired) electrons. The van der Waals surface area contributed by atoms with Crippen LogP contribution in [0.25, 0.3) is 0 Å². The van der Waals surface area contributed by atoms with E-state index < -0.39 is 0 Å². The highest BCUT2D eigenvalue weighted by Gasteiger charge is 2.29. The third kappa shape index (κ3) is 3.31. The molecule has 116 valence electrons. The molecular weight excluding hydrogens is 284 g/mol. The molecule has 1 saturated carbocycles. The predicted octanol–water partition coefficient (Wildman–Crippen LogP) is 3.09. The summed E-state index contributed by atoms with van der Waals surface area (Å²) in [5.41, 5.74) is 5.98. The van der Waals surface area contributed by atoms with Gasteiger partial charge in [0.2, 0.25) is 0 Å². The molecule has 21 heavy (non-hydrogen) atoms. The number of rotatable bonds is 4. The molecule has 1 atom stereocenters. The van der Waals surface area contributed by atoms with Crippen molar-refractivity contribution in [2.24, 2.45) is 0 Å². The number of aromatic nitrogens is 1. The van der Waals surface area contributed by atoms with Gasteiger partial charge in [0.05, 0.1) is 0 Å². The lowest BCUT2D eigenvalue weighted by Crippen LogP contribution is -2.39. The SMILES string of the molecule is CCC1CCCCCN1C(=O)c1sc(NC2CC2)nc1N. The molecular formula is C15H24N4OS. The maximum Gasteiger partial charge on any atom is 0.268 e. The average molecular weight is 308 g/mol. The number of nitrogens with one attached hydrogen (secondary N) is 1. The standard InChI is InChI=1S/C15H24N4OS/c1-2-11-6-4-3-5-9-19(11)14(20)12-13(16)18-15(21-12)17-10-7-8-10/h10-11H,2-9,16H2,1H3,(H,17,18). The Bertz CT molecular complexity index is 512. The van der Waals surface area contributed by atoms with Crippen LogP contribution in [-0.2, 0) is 0 Å². The Labute approximate surface area is 129 Å². The fraction of sp³-hybridized carbons (Fsp3) is 0.733. The largest absolute Gasteiger partial charge is 0.382 e. The number of carbonyl (C=O) groups excluding carboxylic acids is 1. The van der Waals surface area contributed by atoms with E-state index in [9.17, 15) is 4.79 Å². The summed E-state index contributed by atoms with van der Waals surface area (Å²) in [7, 11) is 0. The smallest absolute Gasteiger partial charge is 0.268 e. The number of anilines is 2. The van der Waals surface area contributed by atoms with Crippen LogP contribution in [0.5, 0.6) is 0 Å². The van der Waals surface area contributed by atoms with Gasteiger partial charge in [0, 0.05) is 18.6 Å². The average Bonchev–Trinajstić information content (AvgIpc) is 3.24. The zero-order valence-electron chi connectivity index (χ0n) is 12.6. The van der Waals surface area contributed by atoms with E-state index in [0.29, 0.717) is 22.8 Å². The minimum absolute atomic E-state index is 0.0718. The molecule has 1 saturated heterocycles. The first-order valence-corrected chi connectivity index (χ1v) is 8.84. The number of hydrogen-bond acceptors (Lipinski definition) is 5. The summed E-state index contributed by atoms with van der Waals surface area (Å²) >= 11 is 1.41. The van der Waals surface area contributed by atoms with Gasteiger partial charge in [-0.1, -0.05) is 31.1 Å². The van der Waals surface area contributed by atoms with E-state index in [4.69, 9.17) is 5.73 Å². The minimum Gasteiger partial charge on any atom is -0.382 e. The Morgan fingerprint density at radius 1 is 1.38 bits per heavy atom. The number of nitrogens with zero attached hydrogens (tertiary/aromatic N) is 2. The molecule has 0 spiro atoms. The number of nitrogen functional groups attached to an aromatic ring is 1. The summed E-state index contributed by atoms with van der Waals surface area (Å²) in [6, 6.07) is 0.876. The quantitative estimate of drug-likeness (QED) is 0.896. The van der Waals surface area contributed by atoms with Gasteiger partial charge in [0.1, 0.15) is 10.7 Å². The van der Waals surface area contributed by atoms with Crippen LogP contribution >= 0.6 is 11.3 Å². The number of likely N-dealkylation sites (tertiary alicyclic amines) is 1. The van der Waals surface area contributed by atoms with Gasteiger partial charge in [-0.2, -0.15) is 0 Å². The van der Waals surface area contributed by atoms with E-state index >= 15 is 0 Å². The van der Waals surface area contributed by atoms with Gasteiger partial charge in [0.15, 0.2) is 5.13 Å². The van der Waals surface area contributed by atoms with Crippen LogP contribution in [0.1, 0.15) is 61.5 Å². The Morgan fingerprint density at radius 2 is 2.19 bits per heavy atom. The second-order valence-electron chi connectivity index (χ2n) is 6.06. The van der Waals surface area contributed by atoms with Crippen molar-refractivity contribution >= 4 is 28.2 Å². The maximum atomic E-state index is 12.8. The van der Waals surface area contributed by atoms with Crippen LogP contribution in [0, 0.1) is 0 Å². The molecule has 0 aromatic carbocycles. The van der Waals surface area contributed by atoms with Crippen LogP contribution in [0.3, 0.4) is 0 Å². The van der Waals surface area contributed by atoms with E-state index in [1.54, 1.807) is 0 Å². The molecule has 2 aliphatic rings. The lowest BCUT2D eigenvalue weighted by atomic mass is 10.1. The van der Waals surface area contributed by atoms with Gasteiger partial charge in [-0.25, -0.2) is 4.98 Å². The van der Waals surface area contributed by atoms with Crippen molar-refractivity contribution in [2.45, 2.75) is 64.0 Å². The molecule has 1 aromatic rings. The summed E-state index contributed by atoms with van der Waals surface area (Å²) < 4.78 is 0. The zero-order valence-corrected chi connectivity index (χ0v) is 13.4. The Balaban J connectivity index is 1.77. The molecule has 3 N–H and O–H groups in total. The van der Waals surface area contributed by atoms with Crippen LogP contribution in [0.2, 0.25) is 0 Å². The van der Waals surface area contributed by atoms with Crippen LogP contribution in [0.15, 0.2) is 0 Å². The lowest BCUT2D eigenvalue weighted by Gasteiger charge is -2.28. The summed E-state index contributed by atoms with van der Waals surface area (Å²) in [5, 5.41) is 4.12. The van der Waals surface area contributed by atoms with E-state index in [0.717, 1.165) is 30.9 Å². The van der Waals surface area contributed by atoms with Crippen LogP contribution in [-0.4, -0.2) is 34.4 Å². The first-order chi connectivity index (χ1) is 10.2. The summed E-state index contributed by atoms with van der Waals surface area (Å²) in [5.74, 6) is 0.454. The monoisotopic (exact) mass is 308 g/mol. The number of thiazole rings is 1. The third-order valence-electron chi connectivity index (χ3n) is 4.36. The fourth-order valence-electron chi connectivity index (χ4n) is 2.95. The molecule has 1 aromatic heterocycles. The summed E-state index contributed by atoms with van der Waals surface area (Å²) in [6.45, 7) is 3.01. The lowest BCUT2D eigenvalue weighted by molar-refractivity contribution is 0.0684. The van der Waals surface area contributed by atoms with Gasteiger partial charge in [-0.15, -0.1) is 0 Å². The molecule has 5 nitrogen and oxygen atoms in total. The number of carbonyl (C=O) groups is 1. The minimum atomic E-state index is 0.0718. The second-order valence-corrected chi connectivity index (χ2v) is 7.06. The zero-order chi connectivity index (χ0) is 14.8. The van der Waals surface area contributed by atoms with Gasteiger partial charge in [-0.3, -0.25) is 4.79 Å². The summed E-state index contributed by atoms with van der Waals surface area (Å²) in [6.07, 6.45) is 8.02. The van der Waals surface area contributed by atoms with Crippen molar-refractivity contribution < 1.29 is 4.79 Å². The van der Waals surface area contributed by atoms with E-state index in [1.807, 2.05) is 4.90 Å². The van der Waals surface area contributed by atoms with Gasteiger partial charge < -0.3 is 16.0 Å². The number of hydrogen-bond donors (Lipinski definition) is 2. The number of amides is 1. The molecule has 3 rings (SSSR count). The van der Waals surface area contributed by atoms with E-state index in [2.05, 4.69) is 17.2 Å². The maximum absolute atomic E-state index is 12.8. The van der Waals surface area contributed by atoms with Crippen molar-refractivity contribution in [1.82, 2.24) is 9.88 Å². The van der Waals surface area contributed by atoms with Crippen LogP contribution < -0.4 is 11.1 Å². The van der Waals surface area contributed by atoms with Crippen LogP contribution in [0.4, 0.5) is 10.9 Å². The van der Waals surface area contributed by atoms with Crippen molar-refractivity contribution in [3.8, 4) is 0 Å². The van der Waals surface area contributed by atoms with Crippen molar-refractivity contribution in [1.29, 1.82) is 0 Å². The molecule has 0 bridgehead atoms. The second kappa shape index (κ2) is 6.22. The van der Waals surface area contributed by atoms with Gasteiger partial charge in [0.25, 0.3) is 5.91 Å². The molecule has 2 fully saturated rings. The van der Waals surface area contributed by atoms with Crippen molar-refractivity contribution in [3.05, 3.63) is 4.88 Å². The molecule has 1 aliphatic heterocycles. The highest BCUT2D eigenvalue weighted by atomic mass is 32.1. The molecule has 6 heteroatoms. The van der Waals surface area contributed by atoms with E-state index in [1.165, 1.54) is 37.0 Å². The summed E-state index contributed by atoms with van der Waals surface area (Å²) in [4.78, 5) is 19.8. The van der Waals surface area contributed by atoms with Crippen molar-refractivity contribution in [2.75, 3.05) is 17.6 Å². The first-order valence-electron chi connectivity index (χ1n) is 8.03. The predicted molar refractivity (Wildman–Crippen MR) is 86.8 cm³/mol. The van der Waals surface area contributed by atoms with Crippen molar-refractivity contribution in [3.63, 3.8) is 0 Å². The van der Waals surface area contributed by atoms with Gasteiger partial charge in [-0.05, 0) is 32.1 Å². The Kier molecular flexibility index (Phi) is 4.33. The third-order valence-corrected chi connectivity index (χ3v) is 5.35. The van der Waals surface area contributed by atoms with E-state index in [-0.39, 0.29) is 5.91 Å². The Hall–Kier alpha value is -1.30. The first kappa shape index (κ1) is 14.6. The highest BCUT2D eigenvalue weighted by molar-refractivity contribution is 7.18. The van der Waals surface area contributed by atoms with Gasteiger partial charge >= 0.3 is 0 Å². The topological polar surface area (TPSA) is 71.2 Å². The molecule has 1 amide bonds. The molecule has 1 aliphatic carbocycles. The number of nitrogens with two attached hydrogens (primary N) is 1. The molecule has 2 heterocycles. The fourth-order valence-corrected chi connectivity index (χ4v) is 3.87. The normalized spacial score (nSPS) is 22.9. The molecule has 1 unspecified atom stereocenters.